The van der Waals surface area contributed by atoms with Crippen molar-refractivity contribution >= 4 is 17.2 Å². The van der Waals surface area contributed by atoms with Gasteiger partial charge >= 0.3 is 0 Å². The molecule has 1 amide bonds. The highest BCUT2D eigenvalue weighted by molar-refractivity contribution is 7.11. The van der Waals surface area contributed by atoms with Crippen LogP contribution in [0.25, 0.3) is 0 Å². The molecule has 1 saturated heterocycles. The lowest BCUT2D eigenvalue weighted by atomic mass is 10.2. The first-order valence-electron chi connectivity index (χ1n) is 6.98. The van der Waals surface area contributed by atoms with Crippen LogP contribution in [0, 0.1) is 0 Å². The monoisotopic (exact) mass is 281 g/mol. The van der Waals surface area contributed by atoms with Gasteiger partial charge in [0.05, 0.1) is 13.1 Å². The van der Waals surface area contributed by atoms with E-state index in [1.807, 2.05) is 0 Å². The van der Waals surface area contributed by atoms with Gasteiger partial charge in [-0.3, -0.25) is 9.69 Å². The molecule has 106 valence electrons. The first-order chi connectivity index (χ1) is 9.19. The molecule has 0 spiro atoms. The van der Waals surface area contributed by atoms with Crippen LogP contribution in [0.1, 0.15) is 23.6 Å². The van der Waals surface area contributed by atoms with E-state index in [9.17, 15) is 4.79 Å². The first-order valence-corrected chi connectivity index (χ1v) is 7.79. The second kappa shape index (κ2) is 7.03. The lowest BCUT2D eigenvalue weighted by molar-refractivity contribution is -0.123. The molecule has 1 aromatic rings. The Bertz CT molecular complexity index is 419. The van der Waals surface area contributed by atoms with Crippen molar-refractivity contribution in [2.24, 2.45) is 0 Å². The molecule has 1 aliphatic rings. The summed E-state index contributed by atoms with van der Waals surface area (Å²) in [6, 6.07) is 4.69. The SMILES string of the molecule is CCc1ccc(CNC(=O)CN2CCNC[C@H]2C)s1. The predicted octanol–water partition coefficient (Wildman–Crippen LogP) is 1.22. The molecule has 1 fully saturated rings. The van der Waals surface area contributed by atoms with Crippen LogP contribution < -0.4 is 10.6 Å². The largest absolute Gasteiger partial charge is 0.350 e. The first kappa shape index (κ1) is 14.5. The van der Waals surface area contributed by atoms with E-state index in [0.29, 0.717) is 19.1 Å². The van der Waals surface area contributed by atoms with Gasteiger partial charge in [-0.25, -0.2) is 0 Å². The normalized spacial score (nSPS) is 20.4. The summed E-state index contributed by atoms with van der Waals surface area (Å²) in [5.41, 5.74) is 0. The molecule has 1 aromatic heterocycles. The molecule has 0 aliphatic carbocycles. The van der Waals surface area contributed by atoms with Crippen LogP contribution in [0.3, 0.4) is 0 Å². The van der Waals surface area contributed by atoms with Gasteiger partial charge in [0.1, 0.15) is 0 Å². The summed E-state index contributed by atoms with van der Waals surface area (Å²) >= 11 is 1.78. The van der Waals surface area contributed by atoms with Gasteiger partial charge in [-0.2, -0.15) is 0 Å². The van der Waals surface area contributed by atoms with Crippen LogP contribution in [0.15, 0.2) is 12.1 Å². The zero-order valence-electron chi connectivity index (χ0n) is 11.7. The number of rotatable bonds is 5. The maximum absolute atomic E-state index is 11.9. The number of nitrogens with zero attached hydrogens (tertiary/aromatic N) is 1. The number of thiophene rings is 1. The molecule has 2 rings (SSSR count). The van der Waals surface area contributed by atoms with E-state index in [4.69, 9.17) is 0 Å². The summed E-state index contributed by atoms with van der Waals surface area (Å²) in [7, 11) is 0. The molecular formula is C14H23N3OS. The van der Waals surface area contributed by atoms with Crippen molar-refractivity contribution < 1.29 is 4.79 Å². The third-order valence-corrected chi connectivity index (χ3v) is 4.74. The predicted molar refractivity (Wildman–Crippen MR) is 79.4 cm³/mol. The third-order valence-electron chi connectivity index (χ3n) is 3.51. The van der Waals surface area contributed by atoms with E-state index in [-0.39, 0.29) is 5.91 Å². The van der Waals surface area contributed by atoms with E-state index in [1.54, 1.807) is 11.3 Å². The molecule has 19 heavy (non-hydrogen) atoms. The van der Waals surface area contributed by atoms with Gasteiger partial charge < -0.3 is 10.6 Å². The molecule has 0 unspecified atom stereocenters. The maximum atomic E-state index is 11.9. The Morgan fingerprint density at radius 3 is 3.00 bits per heavy atom. The van der Waals surface area contributed by atoms with E-state index in [2.05, 4.69) is 41.5 Å². The number of aryl methyl sites for hydroxylation is 1. The zero-order valence-corrected chi connectivity index (χ0v) is 12.6. The second-order valence-electron chi connectivity index (χ2n) is 5.02. The van der Waals surface area contributed by atoms with Crippen molar-refractivity contribution in [1.82, 2.24) is 15.5 Å². The van der Waals surface area contributed by atoms with E-state index < -0.39 is 0 Å². The summed E-state index contributed by atoms with van der Waals surface area (Å²) in [4.78, 5) is 16.8. The van der Waals surface area contributed by atoms with Gasteiger partial charge in [0.15, 0.2) is 0 Å². The van der Waals surface area contributed by atoms with Crippen molar-refractivity contribution in [1.29, 1.82) is 0 Å². The molecule has 0 aromatic carbocycles. The lowest BCUT2D eigenvalue weighted by Gasteiger charge is -2.33. The Balaban J connectivity index is 1.74. The van der Waals surface area contributed by atoms with Gasteiger partial charge in [-0.1, -0.05) is 6.92 Å². The number of hydrogen-bond acceptors (Lipinski definition) is 4. The average Bonchev–Trinajstić information content (AvgIpc) is 2.87. The van der Waals surface area contributed by atoms with Gasteiger partial charge in [0.2, 0.25) is 5.91 Å². The summed E-state index contributed by atoms with van der Waals surface area (Å²) in [5.74, 6) is 0.125. The fraction of sp³-hybridized carbons (Fsp3) is 0.643. The highest BCUT2D eigenvalue weighted by Gasteiger charge is 2.19. The number of hydrogen-bond donors (Lipinski definition) is 2. The summed E-state index contributed by atoms with van der Waals surface area (Å²) in [6.07, 6.45) is 1.07. The molecule has 1 atom stereocenters. The van der Waals surface area contributed by atoms with Crippen molar-refractivity contribution in [3.05, 3.63) is 21.9 Å². The van der Waals surface area contributed by atoms with Crippen molar-refractivity contribution in [2.75, 3.05) is 26.2 Å². The minimum absolute atomic E-state index is 0.125. The van der Waals surface area contributed by atoms with E-state index in [0.717, 1.165) is 26.1 Å². The van der Waals surface area contributed by atoms with Gasteiger partial charge in [-0.05, 0) is 25.5 Å². The Labute approximate surface area is 119 Å². The maximum Gasteiger partial charge on any atom is 0.234 e. The average molecular weight is 281 g/mol. The fourth-order valence-corrected chi connectivity index (χ4v) is 3.15. The van der Waals surface area contributed by atoms with Crippen LogP contribution >= 0.6 is 11.3 Å². The molecule has 1 aliphatic heterocycles. The Morgan fingerprint density at radius 2 is 2.32 bits per heavy atom. The van der Waals surface area contributed by atoms with Crippen molar-refractivity contribution in [2.45, 2.75) is 32.9 Å². The van der Waals surface area contributed by atoms with Crippen LogP contribution in [0.4, 0.5) is 0 Å². The fourth-order valence-electron chi connectivity index (χ4n) is 2.25. The second-order valence-corrected chi connectivity index (χ2v) is 6.27. The molecule has 2 N–H and O–H groups in total. The molecule has 0 saturated carbocycles. The summed E-state index contributed by atoms with van der Waals surface area (Å²) in [6.45, 7) is 8.37. The highest BCUT2D eigenvalue weighted by Crippen LogP contribution is 2.16. The van der Waals surface area contributed by atoms with Crippen LogP contribution in [-0.2, 0) is 17.8 Å². The minimum Gasteiger partial charge on any atom is -0.350 e. The third kappa shape index (κ3) is 4.30. The summed E-state index contributed by atoms with van der Waals surface area (Å²) < 4.78 is 0. The van der Waals surface area contributed by atoms with Gasteiger partial charge in [0.25, 0.3) is 0 Å². The lowest BCUT2D eigenvalue weighted by Crippen LogP contribution is -2.52. The minimum atomic E-state index is 0.125. The molecule has 4 nitrogen and oxygen atoms in total. The van der Waals surface area contributed by atoms with Crippen LogP contribution in [0.5, 0.6) is 0 Å². The molecular weight excluding hydrogens is 258 g/mol. The number of amides is 1. The smallest absolute Gasteiger partial charge is 0.234 e. The zero-order chi connectivity index (χ0) is 13.7. The topological polar surface area (TPSA) is 44.4 Å². The molecule has 0 radical (unpaired) electrons. The van der Waals surface area contributed by atoms with Crippen LogP contribution in [-0.4, -0.2) is 43.0 Å². The van der Waals surface area contributed by atoms with Crippen LogP contribution in [0.2, 0.25) is 0 Å². The molecule has 2 heterocycles. The number of piperazine rings is 1. The van der Waals surface area contributed by atoms with Crippen molar-refractivity contribution in [3.8, 4) is 0 Å². The summed E-state index contributed by atoms with van der Waals surface area (Å²) in [5, 5.41) is 6.35. The van der Waals surface area contributed by atoms with Gasteiger partial charge in [-0.15, -0.1) is 11.3 Å². The van der Waals surface area contributed by atoms with Gasteiger partial charge in [0, 0.05) is 35.4 Å². The highest BCUT2D eigenvalue weighted by atomic mass is 32.1. The molecule has 5 heteroatoms. The number of carbonyl (C=O) groups is 1. The Hall–Kier alpha value is -0.910. The van der Waals surface area contributed by atoms with Crippen molar-refractivity contribution in [3.63, 3.8) is 0 Å². The van der Waals surface area contributed by atoms with E-state index >= 15 is 0 Å². The number of nitrogens with one attached hydrogen (secondary N) is 2. The number of carbonyl (C=O) groups excluding carboxylic acids is 1. The van der Waals surface area contributed by atoms with E-state index in [1.165, 1.54) is 9.75 Å². The molecule has 0 bridgehead atoms. The standard InChI is InChI=1S/C14H23N3OS/c1-3-12-4-5-13(19-12)9-16-14(18)10-17-7-6-15-8-11(17)2/h4-5,11,15H,3,6-10H2,1-2H3,(H,16,18)/t11-/m1/s1. The Morgan fingerprint density at radius 1 is 1.53 bits per heavy atom. The Kier molecular flexibility index (Phi) is 5.36. The quantitative estimate of drug-likeness (QED) is 0.853.